The largest absolute Gasteiger partial charge is 0.354 e. The fraction of sp³-hybridized carbons (Fsp3) is 0.310. The normalized spacial score (nSPS) is 12.0. The van der Waals surface area contributed by atoms with Crippen LogP contribution in [-0.4, -0.2) is 44.3 Å². The second kappa shape index (κ2) is 13.7. The molecule has 39 heavy (non-hydrogen) atoms. The molecule has 0 heterocycles. The number of amides is 2. The molecule has 0 radical (unpaired) electrons. The van der Waals surface area contributed by atoms with E-state index in [1.807, 2.05) is 38.1 Å². The number of nitrogens with one attached hydrogen (secondary N) is 1. The van der Waals surface area contributed by atoms with Crippen LogP contribution in [0.3, 0.4) is 0 Å². The number of carbonyl (C=O) groups excluding carboxylic acids is 2. The van der Waals surface area contributed by atoms with Crippen molar-refractivity contribution in [2.75, 3.05) is 17.4 Å². The van der Waals surface area contributed by atoms with Crippen molar-refractivity contribution in [2.45, 2.75) is 51.1 Å². The average molecular weight is 619 g/mol. The van der Waals surface area contributed by atoms with Crippen LogP contribution in [0.5, 0.6) is 0 Å². The van der Waals surface area contributed by atoms with E-state index in [0.29, 0.717) is 6.54 Å². The van der Waals surface area contributed by atoms with Crippen LogP contribution in [0, 0.1) is 12.7 Å². The fourth-order valence-electron chi connectivity index (χ4n) is 3.88. The lowest BCUT2D eigenvalue weighted by atomic mass is 10.1. The summed E-state index contributed by atoms with van der Waals surface area (Å²) in [4.78, 5) is 28.0. The number of sulfonamides is 1. The Balaban J connectivity index is 1.98. The van der Waals surface area contributed by atoms with Crippen LogP contribution in [0.15, 0.2) is 82.2 Å². The Morgan fingerprint density at radius 2 is 1.59 bits per heavy atom. The van der Waals surface area contributed by atoms with Gasteiger partial charge in [-0.1, -0.05) is 59.1 Å². The average Bonchev–Trinajstić information content (AvgIpc) is 2.91. The molecule has 0 aliphatic carbocycles. The standard InChI is InChI=1S/C29H33BrFN3O4S/c1-4-5-18-32-29(36)22(3)33(19-23-8-10-24(30)11-9-23)28(35)20-34(26-14-6-21(2)7-15-26)39(37,38)27-16-12-25(31)13-17-27/h6-17,22H,4-5,18-20H2,1-3H3,(H,32,36)/t22-/m1/s1. The Bertz CT molecular complexity index is 1370. The van der Waals surface area contributed by atoms with Crippen LogP contribution >= 0.6 is 15.9 Å². The molecule has 0 saturated carbocycles. The van der Waals surface area contributed by atoms with Gasteiger partial charge in [0.15, 0.2) is 0 Å². The number of unbranched alkanes of at least 4 members (excludes halogenated alkanes) is 1. The van der Waals surface area contributed by atoms with Gasteiger partial charge in [0.2, 0.25) is 11.8 Å². The number of nitrogens with zero attached hydrogens (tertiary/aromatic N) is 2. The van der Waals surface area contributed by atoms with Crippen LogP contribution in [0.25, 0.3) is 0 Å². The summed E-state index contributed by atoms with van der Waals surface area (Å²) >= 11 is 3.40. The number of aryl methyl sites for hydroxylation is 1. The Kier molecular flexibility index (Phi) is 10.7. The van der Waals surface area contributed by atoms with Gasteiger partial charge in [-0.3, -0.25) is 13.9 Å². The summed E-state index contributed by atoms with van der Waals surface area (Å²) in [5.41, 5.74) is 1.98. The molecule has 1 atom stereocenters. The van der Waals surface area contributed by atoms with Gasteiger partial charge in [-0.15, -0.1) is 0 Å². The molecule has 0 aliphatic heterocycles. The van der Waals surface area contributed by atoms with Crippen molar-refractivity contribution in [3.05, 3.63) is 94.2 Å². The molecule has 0 fully saturated rings. The predicted octanol–water partition coefficient (Wildman–Crippen LogP) is 5.43. The first kappa shape index (κ1) is 30.3. The zero-order valence-corrected chi connectivity index (χ0v) is 24.6. The Hall–Kier alpha value is -3.24. The van der Waals surface area contributed by atoms with Gasteiger partial charge in [-0.05, 0) is 74.4 Å². The third-order valence-corrected chi connectivity index (χ3v) is 8.58. The predicted molar refractivity (Wildman–Crippen MR) is 154 cm³/mol. The van der Waals surface area contributed by atoms with Gasteiger partial charge in [0, 0.05) is 17.6 Å². The van der Waals surface area contributed by atoms with Gasteiger partial charge in [-0.25, -0.2) is 12.8 Å². The van der Waals surface area contributed by atoms with Crippen molar-refractivity contribution in [3.63, 3.8) is 0 Å². The van der Waals surface area contributed by atoms with E-state index in [9.17, 15) is 22.4 Å². The summed E-state index contributed by atoms with van der Waals surface area (Å²) in [5.74, 6) is -1.45. The number of hydrogen-bond acceptors (Lipinski definition) is 4. The molecule has 3 aromatic carbocycles. The van der Waals surface area contributed by atoms with Crippen LogP contribution in [-0.2, 0) is 26.2 Å². The minimum atomic E-state index is -4.24. The number of rotatable bonds is 12. The lowest BCUT2D eigenvalue weighted by Crippen LogP contribution is -2.51. The van der Waals surface area contributed by atoms with Crippen LogP contribution in [0.1, 0.15) is 37.8 Å². The number of carbonyl (C=O) groups is 2. The SMILES string of the molecule is CCCCNC(=O)[C@@H](C)N(Cc1ccc(Br)cc1)C(=O)CN(c1ccc(C)cc1)S(=O)(=O)c1ccc(F)cc1. The zero-order valence-electron chi connectivity index (χ0n) is 22.2. The summed E-state index contributed by atoms with van der Waals surface area (Å²) in [6, 6.07) is 17.7. The van der Waals surface area contributed by atoms with Crippen molar-refractivity contribution >= 4 is 43.5 Å². The minimum Gasteiger partial charge on any atom is -0.354 e. The lowest BCUT2D eigenvalue weighted by molar-refractivity contribution is -0.139. The monoisotopic (exact) mass is 617 g/mol. The summed E-state index contributed by atoms with van der Waals surface area (Å²) in [6.45, 7) is 5.54. The highest BCUT2D eigenvalue weighted by molar-refractivity contribution is 9.10. The third-order valence-electron chi connectivity index (χ3n) is 6.27. The molecule has 0 aliphatic rings. The molecular weight excluding hydrogens is 585 g/mol. The molecule has 2 amide bonds. The maximum Gasteiger partial charge on any atom is 0.264 e. The summed E-state index contributed by atoms with van der Waals surface area (Å²) in [6.07, 6.45) is 1.71. The van der Waals surface area contributed by atoms with Gasteiger partial charge in [0.25, 0.3) is 10.0 Å². The maximum atomic E-state index is 13.8. The van der Waals surface area contributed by atoms with E-state index >= 15 is 0 Å². The molecule has 208 valence electrons. The van der Waals surface area contributed by atoms with Crippen molar-refractivity contribution in [3.8, 4) is 0 Å². The first-order chi connectivity index (χ1) is 18.5. The van der Waals surface area contributed by atoms with E-state index in [2.05, 4.69) is 21.2 Å². The van der Waals surface area contributed by atoms with Gasteiger partial charge < -0.3 is 10.2 Å². The highest BCUT2D eigenvalue weighted by Gasteiger charge is 2.32. The lowest BCUT2D eigenvalue weighted by Gasteiger charge is -2.32. The first-order valence-corrected chi connectivity index (χ1v) is 14.9. The highest BCUT2D eigenvalue weighted by atomic mass is 79.9. The van der Waals surface area contributed by atoms with E-state index in [1.165, 1.54) is 17.0 Å². The van der Waals surface area contributed by atoms with Gasteiger partial charge in [0.05, 0.1) is 10.6 Å². The van der Waals surface area contributed by atoms with Crippen molar-refractivity contribution in [2.24, 2.45) is 0 Å². The first-order valence-electron chi connectivity index (χ1n) is 12.7. The van der Waals surface area contributed by atoms with Crippen molar-refractivity contribution < 1.29 is 22.4 Å². The van der Waals surface area contributed by atoms with Gasteiger partial charge in [0.1, 0.15) is 18.4 Å². The van der Waals surface area contributed by atoms with E-state index in [0.717, 1.165) is 44.9 Å². The van der Waals surface area contributed by atoms with Crippen molar-refractivity contribution in [1.82, 2.24) is 10.2 Å². The molecule has 10 heteroatoms. The molecule has 1 N–H and O–H groups in total. The van der Waals surface area contributed by atoms with Gasteiger partial charge >= 0.3 is 0 Å². The number of hydrogen-bond donors (Lipinski definition) is 1. The molecular formula is C29H33BrFN3O4S. The number of halogens is 2. The molecule has 0 unspecified atom stereocenters. The number of benzene rings is 3. The second-order valence-corrected chi connectivity index (χ2v) is 12.0. The van der Waals surface area contributed by atoms with Crippen LogP contribution in [0.2, 0.25) is 0 Å². The smallest absolute Gasteiger partial charge is 0.264 e. The Morgan fingerprint density at radius 1 is 0.974 bits per heavy atom. The van der Waals surface area contributed by atoms with Crippen LogP contribution in [0.4, 0.5) is 10.1 Å². The number of anilines is 1. The summed E-state index contributed by atoms with van der Waals surface area (Å²) in [7, 11) is -4.24. The molecule has 3 rings (SSSR count). The molecule has 0 saturated heterocycles. The Labute approximate surface area is 238 Å². The molecule has 0 aromatic heterocycles. The third kappa shape index (κ3) is 8.12. The topological polar surface area (TPSA) is 86.8 Å². The van der Waals surface area contributed by atoms with Gasteiger partial charge in [-0.2, -0.15) is 0 Å². The molecule has 0 bridgehead atoms. The summed E-state index contributed by atoms with van der Waals surface area (Å²) in [5, 5.41) is 2.86. The van der Waals surface area contributed by atoms with Crippen molar-refractivity contribution in [1.29, 1.82) is 0 Å². The van der Waals surface area contributed by atoms with E-state index in [-0.39, 0.29) is 23.0 Å². The maximum absolute atomic E-state index is 13.8. The van der Waals surface area contributed by atoms with Crippen LogP contribution < -0.4 is 9.62 Å². The summed E-state index contributed by atoms with van der Waals surface area (Å²) < 4.78 is 42.8. The Morgan fingerprint density at radius 3 is 2.18 bits per heavy atom. The quantitative estimate of drug-likeness (QED) is 0.275. The minimum absolute atomic E-state index is 0.104. The second-order valence-electron chi connectivity index (χ2n) is 9.27. The molecule has 7 nitrogen and oxygen atoms in total. The van der Waals surface area contributed by atoms with E-state index in [4.69, 9.17) is 0 Å². The molecule has 3 aromatic rings. The highest BCUT2D eigenvalue weighted by Crippen LogP contribution is 2.25. The zero-order chi connectivity index (χ0) is 28.6. The molecule has 0 spiro atoms. The van der Waals surface area contributed by atoms with E-state index < -0.39 is 34.3 Å². The fourth-order valence-corrected chi connectivity index (χ4v) is 5.56. The van der Waals surface area contributed by atoms with E-state index in [1.54, 1.807) is 31.2 Å².